The van der Waals surface area contributed by atoms with Gasteiger partial charge >= 0.3 is 0 Å². The Labute approximate surface area is 136 Å². The van der Waals surface area contributed by atoms with Gasteiger partial charge in [-0.05, 0) is 31.2 Å². The van der Waals surface area contributed by atoms with Gasteiger partial charge in [0.05, 0.1) is 18.8 Å². The molecule has 1 aliphatic rings. The van der Waals surface area contributed by atoms with Crippen LogP contribution >= 0.6 is 0 Å². The molecule has 7 nitrogen and oxygen atoms in total. The van der Waals surface area contributed by atoms with Crippen LogP contribution in [-0.2, 0) is 18.2 Å². The van der Waals surface area contributed by atoms with E-state index in [1.54, 1.807) is 6.33 Å². The molecule has 124 valence electrons. The highest BCUT2D eigenvalue weighted by Crippen LogP contribution is 2.14. The number of nitrogens with zero attached hydrogens (tertiary/aromatic N) is 4. The van der Waals surface area contributed by atoms with Crippen molar-refractivity contribution in [1.82, 2.24) is 19.7 Å². The maximum absolute atomic E-state index is 5.48. The zero-order chi connectivity index (χ0) is 15.9. The number of hydrogen-bond donors (Lipinski definition) is 2. The van der Waals surface area contributed by atoms with Gasteiger partial charge < -0.3 is 15.4 Å². The minimum Gasteiger partial charge on any atom is -0.379 e. The highest BCUT2D eigenvalue weighted by atomic mass is 16.5. The van der Waals surface area contributed by atoms with Crippen molar-refractivity contribution in [3.63, 3.8) is 0 Å². The van der Waals surface area contributed by atoms with Crippen molar-refractivity contribution in [1.29, 1.82) is 0 Å². The molecule has 1 saturated heterocycles. The molecule has 3 rings (SSSR count). The lowest BCUT2D eigenvalue weighted by atomic mass is 10.1. The molecule has 1 atom stereocenters. The van der Waals surface area contributed by atoms with Crippen molar-refractivity contribution >= 4 is 11.6 Å². The number of anilines is 2. The smallest absolute Gasteiger partial charge is 0.131 e. The summed E-state index contributed by atoms with van der Waals surface area (Å²) in [4.78, 5) is 8.55. The highest BCUT2D eigenvalue weighted by Gasteiger charge is 2.14. The summed E-state index contributed by atoms with van der Waals surface area (Å²) in [5.41, 5.74) is 1.26. The lowest BCUT2D eigenvalue weighted by Crippen LogP contribution is -2.30. The monoisotopic (exact) mass is 316 g/mol. The zero-order valence-electron chi connectivity index (χ0n) is 13.5. The van der Waals surface area contributed by atoms with E-state index in [0.717, 1.165) is 57.1 Å². The standard InChI is InChI=1S/C16H24N6O/c1-22-10-13(9-20-22)4-2-6-17-15-8-16(19-12-18-15)21-14-5-3-7-23-11-14/h8-10,12,14H,2-7,11H2,1H3,(H2,17,18,19,21)/t14-/m1/s1. The predicted molar refractivity (Wildman–Crippen MR) is 89.5 cm³/mol. The van der Waals surface area contributed by atoms with Crippen molar-refractivity contribution in [2.75, 3.05) is 30.4 Å². The Morgan fingerprint density at radius 3 is 3.04 bits per heavy atom. The van der Waals surface area contributed by atoms with E-state index in [9.17, 15) is 0 Å². The van der Waals surface area contributed by atoms with Crippen LogP contribution < -0.4 is 10.6 Å². The zero-order valence-corrected chi connectivity index (χ0v) is 13.5. The van der Waals surface area contributed by atoms with E-state index in [1.165, 1.54) is 5.56 Å². The number of rotatable bonds is 7. The van der Waals surface area contributed by atoms with Crippen molar-refractivity contribution < 1.29 is 4.74 Å². The molecule has 0 saturated carbocycles. The molecular weight excluding hydrogens is 292 g/mol. The minimum absolute atomic E-state index is 0.345. The van der Waals surface area contributed by atoms with Crippen LogP contribution in [0.1, 0.15) is 24.8 Å². The SMILES string of the molecule is Cn1cc(CCCNc2cc(N[C@@H]3CCCOC3)ncn2)cn1. The summed E-state index contributed by atoms with van der Waals surface area (Å²) in [6, 6.07) is 2.30. The third-order valence-corrected chi connectivity index (χ3v) is 3.89. The maximum atomic E-state index is 5.48. The Balaban J connectivity index is 1.43. The Kier molecular flexibility index (Phi) is 5.42. The first-order valence-electron chi connectivity index (χ1n) is 8.17. The molecule has 0 unspecified atom stereocenters. The topological polar surface area (TPSA) is 76.9 Å². The summed E-state index contributed by atoms with van der Waals surface area (Å²) >= 11 is 0. The molecule has 0 aromatic carbocycles. The van der Waals surface area contributed by atoms with E-state index >= 15 is 0 Å². The normalized spacial score (nSPS) is 17.9. The van der Waals surface area contributed by atoms with Crippen molar-refractivity contribution in [3.8, 4) is 0 Å². The molecule has 23 heavy (non-hydrogen) atoms. The van der Waals surface area contributed by atoms with Gasteiger partial charge in [0.1, 0.15) is 18.0 Å². The van der Waals surface area contributed by atoms with Gasteiger partial charge in [-0.1, -0.05) is 0 Å². The Morgan fingerprint density at radius 1 is 1.35 bits per heavy atom. The lowest BCUT2D eigenvalue weighted by Gasteiger charge is -2.23. The van der Waals surface area contributed by atoms with E-state index in [1.807, 2.05) is 24.0 Å². The van der Waals surface area contributed by atoms with E-state index in [4.69, 9.17) is 4.74 Å². The van der Waals surface area contributed by atoms with Gasteiger partial charge in [0.25, 0.3) is 0 Å². The van der Waals surface area contributed by atoms with E-state index in [0.29, 0.717) is 6.04 Å². The second-order valence-electron chi connectivity index (χ2n) is 5.90. The van der Waals surface area contributed by atoms with Crippen LogP contribution in [0.5, 0.6) is 0 Å². The molecule has 1 aliphatic heterocycles. The van der Waals surface area contributed by atoms with Crippen LogP contribution in [0.2, 0.25) is 0 Å². The number of ether oxygens (including phenoxy) is 1. The lowest BCUT2D eigenvalue weighted by molar-refractivity contribution is 0.0875. The van der Waals surface area contributed by atoms with Crippen LogP contribution in [0.25, 0.3) is 0 Å². The van der Waals surface area contributed by atoms with Gasteiger partial charge in [0.15, 0.2) is 0 Å². The van der Waals surface area contributed by atoms with Gasteiger partial charge in [-0.15, -0.1) is 0 Å². The Morgan fingerprint density at radius 2 is 2.26 bits per heavy atom. The van der Waals surface area contributed by atoms with Gasteiger partial charge in [-0.25, -0.2) is 9.97 Å². The number of nitrogens with one attached hydrogen (secondary N) is 2. The summed E-state index contributed by atoms with van der Waals surface area (Å²) in [5.74, 6) is 1.70. The number of aromatic nitrogens is 4. The second-order valence-corrected chi connectivity index (χ2v) is 5.90. The van der Waals surface area contributed by atoms with Crippen LogP contribution in [0.4, 0.5) is 11.6 Å². The first kappa shape index (κ1) is 15.7. The van der Waals surface area contributed by atoms with Crippen LogP contribution in [0.3, 0.4) is 0 Å². The third-order valence-electron chi connectivity index (χ3n) is 3.89. The Hall–Kier alpha value is -2.15. The molecule has 3 heterocycles. The van der Waals surface area contributed by atoms with E-state index in [-0.39, 0.29) is 0 Å². The molecule has 0 radical (unpaired) electrons. The van der Waals surface area contributed by atoms with Gasteiger partial charge in [0, 0.05) is 32.5 Å². The van der Waals surface area contributed by atoms with Gasteiger partial charge in [-0.2, -0.15) is 5.10 Å². The van der Waals surface area contributed by atoms with Crippen LogP contribution in [0.15, 0.2) is 24.8 Å². The summed E-state index contributed by atoms with van der Waals surface area (Å²) in [7, 11) is 1.94. The maximum Gasteiger partial charge on any atom is 0.131 e. The largest absolute Gasteiger partial charge is 0.379 e. The summed E-state index contributed by atoms with van der Waals surface area (Å²) in [6.45, 7) is 2.49. The molecule has 2 aromatic rings. The number of hydrogen-bond acceptors (Lipinski definition) is 6. The molecular formula is C16H24N6O. The van der Waals surface area contributed by atoms with Gasteiger partial charge in [0.2, 0.25) is 0 Å². The number of aryl methyl sites for hydroxylation is 2. The van der Waals surface area contributed by atoms with Crippen LogP contribution in [-0.4, -0.2) is 45.5 Å². The average Bonchev–Trinajstić information content (AvgIpc) is 2.98. The first-order chi connectivity index (χ1) is 11.3. The molecule has 7 heteroatoms. The summed E-state index contributed by atoms with van der Waals surface area (Å²) in [5, 5.41) is 10.9. The molecule has 0 spiro atoms. The molecule has 0 amide bonds. The molecule has 2 aromatic heterocycles. The fourth-order valence-corrected chi connectivity index (χ4v) is 2.71. The molecule has 0 aliphatic carbocycles. The van der Waals surface area contributed by atoms with Crippen LogP contribution in [0, 0.1) is 0 Å². The van der Waals surface area contributed by atoms with Gasteiger partial charge in [-0.3, -0.25) is 4.68 Å². The highest BCUT2D eigenvalue weighted by molar-refractivity contribution is 5.46. The molecule has 1 fully saturated rings. The second kappa shape index (κ2) is 7.92. The first-order valence-corrected chi connectivity index (χ1v) is 8.17. The summed E-state index contributed by atoms with van der Waals surface area (Å²) < 4.78 is 7.31. The van der Waals surface area contributed by atoms with E-state index in [2.05, 4.69) is 31.9 Å². The molecule has 0 bridgehead atoms. The van der Waals surface area contributed by atoms with E-state index < -0.39 is 0 Å². The minimum atomic E-state index is 0.345. The predicted octanol–water partition coefficient (Wildman–Crippen LogP) is 1.85. The average molecular weight is 316 g/mol. The third kappa shape index (κ3) is 4.92. The fraction of sp³-hybridized carbons (Fsp3) is 0.562. The fourth-order valence-electron chi connectivity index (χ4n) is 2.71. The summed E-state index contributed by atoms with van der Waals surface area (Å²) in [6.07, 6.45) is 9.83. The quantitative estimate of drug-likeness (QED) is 0.759. The van der Waals surface area contributed by atoms with Crippen molar-refractivity contribution in [2.45, 2.75) is 31.7 Å². The van der Waals surface area contributed by atoms with Crippen molar-refractivity contribution in [2.24, 2.45) is 7.05 Å². The Bertz CT molecular complexity index is 608. The van der Waals surface area contributed by atoms with Crippen molar-refractivity contribution in [3.05, 3.63) is 30.4 Å². The molecule has 2 N–H and O–H groups in total.